The van der Waals surface area contributed by atoms with Crippen molar-refractivity contribution in [2.75, 3.05) is 6.54 Å². The Labute approximate surface area is 160 Å². The summed E-state index contributed by atoms with van der Waals surface area (Å²) in [5.74, 6) is 1.25. The van der Waals surface area contributed by atoms with Crippen LogP contribution in [0.2, 0.25) is 0 Å². The van der Waals surface area contributed by atoms with Gasteiger partial charge in [-0.05, 0) is 43.9 Å². The van der Waals surface area contributed by atoms with Gasteiger partial charge in [0.05, 0.1) is 0 Å². The average Bonchev–Trinajstić information content (AvgIpc) is 2.83. The Hall–Kier alpha value is -1.52. The monoisotopic (exact) mass is 367 g/mol. The Morgan fingerprint density at radius 3 is 2.70 bits per heavy atom. The van der Waals surface area contributed by atoms with Crippen LogP contribution in [0.5, 0.6) is 11.5 Å². The standard InChI is InChI=1S/C23H29NO3/c25-18-9-7-14-13-17-16-8-10-19(26)22-23(16,20(14)21(18)27-22)11-12-24(17)15-5-3-1-2-4-6-15/h7-10,15-17,19,22,25-26H,1-6,11-13H2/t16-,17+,19-,22-,23-/m0/s1. The number of aromatic hydroxyl groups is 1. The zero-order chi connectivity index (χ0) is 18.2. The molecule has 2 fully saturated rings. The fourth-order valence-electron chi connectivity index (χ4n) is 7.13. The highest BCUT2D eigenvalue weighted by molar-refractivity contribution is 5.61. The van der Waals surface area contributed by atoms with Crippen LogP contribution in [-0.2, 0) is 11.8 Å². The minimum absolute atomic E-state index is 0.165. The summed E-state index contributed by atoms with van der Waals surface area (Å²) in [7, 11) is 0. The maximum Gasteiger partial charge on any atom is 0.165 e. The molecule has 0 amide bonds. The highest BCUT2D eigenvalue weighted by Gasteiger charge is 2.64. The van der Waals surface area contributed by atoms with Gasteiger partial charge in [-0.2, -0.15) is 0 Å². The third-order valence-electron chi connectivity index (χ3n) is 8.21. The smallest absolute Gasteiger partial charge is 0.165 e. The summed E-state index contributed by atoms with van der Waals surface area (Å²) in [6, 6.07) is 5.08. The van der Waals surface area contributed by atoms with Crippen LogP contribution in [0.4, 0.5) is 0 Å². The third-order valence-corrected chi connectivity index (χ3v) is 8.21. The number of hydrogen-bond acceptors (Lipinski definition) is 4. The van der Waals surface area contributed by atoms with Crippen molar-refractivity contribution in [3.63, 3.8) is 0 Å². The zero-order valence-corrected chi connectivity index (χ0v) is 15.8. The summed E-state index contributed by atoms with van der Waals surface area (Å²) in [5.41, 5.74) is 2.37. The molecule has 1 aromatic rings. The summed E-state index contributed by atoms with van der Waals surface area (Å²) in [4.78, 5) is 2.81. The first-order valence-electron chi connectivity index (χ1n) is 10.8. The van der Waals surface area contributed by atoms with Crippen molar-refractivity contribution < 1.29 is 14.9 Å². The number of benzene rings is 1. The molecule has 5 atom stereocenters. The van der Waals surface area contributed by atoms with E-state index in [9.17, 15) is 10.2 Å². The van der Waals surface area contributed by atoms with Crippen LogP contribution in [-0.4, -0.2) is 45.9 Å². The van der Waals surface area contributed by atoms with Crippen LogP contribution in [0.15, 0.2) is 24.3 Å². The fourth-order valence-corrected chi connectivity index (χ4v) is 7.13. The zero-order valence-electron chi connectivity index (χ0n) is 15.8. The number of aliphatic hydroxyl groups excluding tert-OH is 1. The van der Waals surface area contributed by atoms with Crippen LogP contribution in [0, 0.1) is 5.92 Å². The van der Waals surface area contributed by atoms with E-state index in [1.54, 1.807) is 6.07 Å². The molecule has 27 heavy (non-hydrogen) atoms. The molecular weight excluding hydrogens is 338 g/mol. The van der Waals surface area contributed by atoms with Crippen molar-refractivity contribution >= 4 is 0 Å². The van der Waals surface area contributed by atoms with E-state index in [0.29, 0.717) is 23.8 Å². The molecule has 144 valence electrons. The van der Waals surface area contributed by atoms with Gasteiger partial charge in [-0.1, -0.05) is 43.9 Å². The normalized spacial score (nSPS) is 40.3. The summed E-state index contributed by atoms with van der Waals surface area (Å²) >= 11 is 0. The van der Waals surface area contributed by atoms with Gasteiger partial charge in [0.25, 0.3) is 0 Å². The molecule has 4 heteroatoms. The van der Waals surface area contributed by atoms with Crippen molar-refractivity contribution in [2.24, 2.45) is 5.92 Å². The summed E-state index contributed by atoms with van der Waals surface area (Å²) in [6.07, 6.45) is 13.6. The number of phenolic OH excluding ortho intramolecular Hbond substituents is 1. The van der Waals surface area contributed by atoms with Crippen LogP contribution in [0.3, 0.4) is 0 Å². The molecular formula is C23H29NO3. The second-order valence-corrected chi connectivity index (χ2v) is 9.33. The molecule has 0 unspecified atom stereocenters. The van der Waals surface area contributed by atoms with Gasteiger partial charge in [0, 0.05) is 29.0 Å². The second kappa shape index (κ2) is 5.74. The van der Waals surface area contributed by atoms with Gasteiger partial charge in [0.1, 0.15) is 12.2 Å². The summed E-state index contributed by atoms with van der Waals surface area (Å²) < 4.78 is 6.25. The van der Waals surface area contributed by atoms with Gasteiger partial charge < -0.3 is 14.9 Å². The molecule has 1 saturated heterocycles. The van der Waals surface area contributed by atoms with E-state index in [-0.39, 0.29) is 17.3 Å². The fraction of sp³-hybridized carbons (Fsp3) is 0.652. The van der Waals surface area contributed by atoms with Gasteiger partial charge in [0.2, 0.25) is 0 Å². The van der Waals surface area contributed by atoms with Gasteiger partial charge in [-0.3, -0.25) is 4.90 Å². The molecule has 6 rings (SSSR count). The van der Waals surface area contributed by atoms with E-state index < -0.39 is 6.10 Å². The summed E-state index contributed by atoms with van der Waals surface area (Å²) in [6.45, 7) is 1.08. The minimum Gasteiger partial charge on any atom is -0.504 e. The van der Waals surface area contributed by atoms with Crippen LogP contribution < -0.4 is 4.74 Å². The lowest BCUT2D eigenvalue weighted by atomic mass is 9.53. The largest absolute Gasteiger partial charge is 0.504 e. The Kier molecular flexibility index (Phi) is 3.50. The number of hydrogen-bond donors (Lipinski definition) is 2. The molecule has 2 N–H and O–H groups in total. The SMILES string of the molecule is Oc1ccc2c3c1O[C@H]1[C@@H](O)C=C[C@H]4[C@@H](C2)N(C2CCCCCC2)CC[C@@]341. The van der Waals surface area contributed by atoms with E-state index in [1.807, 2.05) is 6.08 Å². The third kappa shape index (κ3) is 2.06. The molecule has 2 heterocycles. The van der Waals surface area contributed by atoms with Crippen LogP contribution in [0.25, 0.3) is 0 Å². The molecule has 0 radical (unpaired) electrons. The number of rotatable bonds is 1. The van der Waals surface area contributed by atoms with E-state index in [4.69, 9.17) is 4.74 Å². The Balaban J connectivity index is 1.48. The number of phenols is 1. The highest BCUT2D eigenvalue weighted by atomic mass is 16.5. The minimum atomic E-state index is -0.593. The van der Waals surface area contributed by atoms with E-state index >= 15 is 0 Å². The lowest BCUT2D eigenvalue weighted by molar-refractivity contribution is -0.0644. The molecule has 3 aliphatic carbocycles. The Bertz CT molecular complexity index is 797. The first kappa shape index (κ1) is 16.4. The highest BCUT2D eigenvalue weighted by Crippen LogP contribution is 2.62. The number of ether oxygens (including phenoxy) is 1. The van der Waals surface area contributed by atoms with E-state index in [1.165, 1.54) is 49.7 Å². The Morgan fingerprint density at radius 1 is 1.07 bits per heavy atom. The van der Waals surface area contributed by atoms with Gasteiger partial charge in [-0.25, -0.2) is 0 Å². The molecule has 1 aromatic carbocycles. The summed E-state index contributed by atoms with van der Waals surface area (Å²) in [5, 5.41) is 21.2. The van der Waals surface area contributed by atoms with Crippen molar-refractivity contribution in [1.82, 2.24) is 4.90 Å². The van der Waals surface area contributed by atoms with Crippen molar-refractivity contribution in [2.45, 2.75) is 81.1 Å². The average molecular weight is 367 g/mol. The maximum absolute atomic E-state index is 10.7. The molecule has 2 aliphatic heterocycles. The number of aliphatic hydroxyl groups is 1. The van der Waals surface area contributed by atoms with Crippen molar-refractivity contribution in [1.29, 1.82) is 0 Å². The Morgan fingerprint density at radius 2 is 1.89 bits per heavy atom. The van der Waals surface area contributed by atoms with Gasteiger partial charge in [-0.15, -0.1) is 0 Å². The lowest BCUT2D eigenvalue weighted by Gasteiger charge is -2.58. The predicted molar refractivity (Wildman–Crippen MR) is 103 cm³/mol. The van der Waals surface area contributed by atoms with Gasteiger partial charge in [0.15, 0.2) is 11.5 Å². The first-order chi connectivity index (χ1) is 13.2. The van der Waals surface area contributed by atoms with Crippen molar-refractivity contribution in [3.8, 4) is 11.5 Å². The van der Waals surface area contributed by atoms with Crippen molar-refractivity contribution in [3.05, 3.63) is 35.4 Å². The topological polar surface area (TPSA) is 52.9 Å². The van der Waals surface area contributed by atoms with Crippen LogP contribution in [0.1, 0.15) is 56.1 Å². The molecule has 2 bridgehead atoms. The number of likely N-dealkylation sites (tertiary alicyclic amines) is 1. The van der Waals surface area contributed by atoms with Gasteiger partial charge >= 0.3 is 0 Å². The van der Waals surface area contributed by atoms with E-state index in [0.717, 1.165) is 19.4 Å². The first-order valence-corrected chi connectivity index (χ1v) is 10.8. The maximum atomic E-state index is 10.7. The number of piperidine rings is 1. The molecule has 4 nitrogen and oxygen atoms in total. The number of nitrogens with zero attached hydrogens (tertiary/aromatic N) is 1. The predicted octanol–water partition coefficient (Wildman–Crippen LogP) is 3.29. The van der Waals surface area contributed by atoms with E-state index in [2.05, 4.69) is 17.0 Å². The molecule has 1 saturated carbocycles. The lowest BCUT2D eigenvalue weighted by Crippen LogP contribution is -2.66. The molecule has 5 aliphatic rings. The quantitative estimate of drug-likeness (QED) is 0.591. The second-order valence-electron chi connectivity index (χ2n) is 9.33. The molecule has 0 aromatic heterocycles. The molecule has 1 spiro atoms. The van der Waals surface area contributed by atoms with Crippen LogP contribution >= 0.6 is 0 Å².